The fraction of sp³-hybridized carbons (Fsp3) is 0.562. The molecule has 0 aliphatic carbocycles. The van der Waals surface area contributed by atoms with Gasteiger partial charge in [0.1, 0.15) is 12.2 Å². The maximum atomic E-state index is 12.6. The lowest BCUT2D eigenvalue weighted by molar-refractivity contribution is -0.145. The molecule has 1 aromatic heterocycles. The van der Waals surface area contributed by atoms with Gasteiger partial charge in [-0.2, -0.15) is 0 Å². The van der Waals surface area contributed by atoms with E-state index in [2.05, 4.69) is 10.3 Å². The van der Waals surface area contributed by atoms with Crippen molar-refractivity contribution >= 4 is 40.2 Å². The number of carbonyl (C=O) groups excluding carboxylic acids is 3. The van der Waals surface area contributed by atoms with Crippen LogP contribution in [-0.4, -0.2) is 69.3 Å². The van der Waals surface area contributed by atoms with Crippen LogP contribution in [0.3, 0.4) is 0 Å². The Morgan fingerprint density at radius 1 is 1.31 bits per heavy atom. The predicted molar refractivity (Wildman–Crippen MR) is 95.0 cm³/mol. The molecule has 10 heteroatoms. The van der Waals surface area contributed by atoms with Crippen LogP contribution in [0.4, 0.5) is 5.13 Å². The summed E-state index contributed by atoms with van der Waals surface area (Å²) in [5.41, 5.74) is 0.270. The smallest absolute Gasteiger partial charge is 0.323 e. The molecular weight excluding hydrogens is 360 g/mol. The van der Waals surface area contributed by atoms with Crippen LogP contribution in [0.25, 0.3) is 0 Å². The molecule has 0 bridgehead atoms. The van der Waals surface area contributed by atoms with Gasteiger partial charge in [-0.15, -0.1) is 11.3 Å². The first-order valence-corrected chi connectivity index (χ1v) is 9.17. The number of carboxylic acids is 1. The highest BCUT2D eigenvalue weighted by Gasteiger charge is 2.28. The van der Waals surface area contributed by atoms with E-state index >= 15 is 0 Å². The van der Waals surface area contributed by atoms with E-state index in [0.717, 1.165) is 0 Å². The van der Waals surface area contributed by atoms with E-state index in [1.54, 1.807) is 10.3 Å². The Labute approximate surface area is 155 Å². The van der Waals surface area contributed by atoms with Gasteiger partial charge in [-0.1, -0.05) is 0 Å². The van der Waals surface area contributed by atoms with Crippen molar-refractivity contribution in [2.45, 2.75) is 39.2 Å². The minimum atomic E-state index is -1.05. The number of hydrogen-bond acceptors (Lipinski definition) is 6. The zero-order valence-electron chi connectivity index (χ0n) is 14.7. The Morgan fingerprint density at radius 2 is 2.04 bits per heavy atom. The van der Waals surface area contributed by atoms with E-state index in [4.69, 9.17) is 5.11 Å². The normalized spacial score (nSPS) is 17.3. The average molecular weight is 382 g/mol. The van der Waals surface area contributed by atoms with Gasteiger partial charge >= 0.3 is 5.97 Å². The summed E-state index contributed by atoms with van der Waals surface area (Å²) in [5, 5.41) is 13.5. The second-order valence-corrected chi connectivity index (χ2v) is 6.99. The third-order valence-electron chi connectivity index (χ3n) is 4.14. The number of nitrogens with zero attached hydrogens (tertiary/aromatic N) is 3. The second kappa shape index (κ2) is 8.75. The number of likely N-dealkylation sites (tertiary alicyclic amines) is 1. The van der Waals surface area contributed by atoms with Crippen LogP contribution in [0.15, 0.2) is 5.38 Å². The molecule has 2 heterocycles. The number of carbonyl (C=O) groups is 4. The predicted octanol–water partition coefficient (Wildman–Crippen LogP) is 1.03. The first-order valence-electron chi connectivity index (χ1n) is 8.29. The number of aromatic nitrogens is 1. The van der Waals surface area contributed by atoms with Gasteiger partial charge in [0.15, 0.2) is 5.13 Å². The van der Waals surface area contributed by atoms with Gasteiger partial charge in [-0.05, 0) is 19.3 Å². The van der Waals surface area contributed by atoms with Crippen molar-refractivity contribution < 1.29 is 24.3 Å². The van der Waals surface area contributed by atoms with Crippen molar-refractivity contribution in [1.29, 1.82) is 0 Å². The highest BCUT2D eigenvalue weighted by atomic mass is 32.1. The summed E-state index contributed by atoms with van der Waals surface area (Å²) in [7, 11) is 0. The molecule has 3 amide bonds. The van der Waals surface area contributed by atoms with Crippen molar-refractivity contribution in [2.24, 2.45) is 0 Å². The van der Waals surface area contributed by atoms with E-state index in [1.165, 1.54) is 30.1 Å². The van der Waals surface area contributed by atoms with Gasteiger partial charge in [0.05, 0.1) is 0 Å². The van der Waals surface area contributed by atoms with E-state index in [0.29, 0.717) is 37.5 Å². The zero-order valence-corrected chi connectivity index (χ0v) is 15.5. The molecule has 2 rings (SSSR count). The minimum absolute atomic E-state index is 0.202. The van der Waals surface area contributed by atoms with E-state index in [9.17, 15) is 19.2 Å². The number of rotatable bonds is 5. The summed E-state index contributed by atoms with van der Waals surface area (Å²) in [6, 6.07) is -0.202. The maximum Gasteiger partial charge on any atom is 0.323 e. The molecule has 0 radical (unpaired) electrons. The van der Waals surface area contributed by atoms with Crippen LogP contribution < -0.4 is 5.32 Å². The van der Waals surface area contributed by atoms with Gasteiger partial charge in [0, 0.05) is 38.4 Å². The van der Waals surface area contributed by atoms with Crippen LogP contribution in [0.2, 0.25) is 0 Å². The number of thiazole rings is 1. The van der Waals surface area contributed by atoms with E-state index in [-0.39, 0.29) is 36.0 Å². The first kappa shape index (κ1) is 19.8. The fourth-order valence-corrected chi connectivity index (χ4v) is 3.71. The van der Waals surface area contributed by atoms with Crippen molar-refractivity contribution in [2.75, 3.05) is 25.0 Å². The maximum absolute atomic E-state index is 12.6. The molecule has 1 aliphatic rings. The molecule has 0 spiro atoms. The Hall–Kier alpha value is -2.49. The Kier molecular flexibility index (Phi) is 6.67. The van der Waals surface area contributed by atoms with Gasteiger partial charge < -0.3 is 20.2 Å². The van der Waals surface area contributed by atoms with E-state index < -0.39 is 5.97 Å². The van der Waals surface area contributed by atoms with Crippen molar-refractivity contribution in [3.8, 4) is 0 Å². The average Bonchev–Trinajstić information content (AvgIpc) is 2.87. The third-order valence-corrected chi connectivity index (χ3v) is 4.90. The molecule has 1 aliphatic heterocycles. The molecule has 1 atom stereocenters. The molecular formula is C16H22N4O5S. The summed E-state index contributed by atoms with van der Waals surface area (Å²) in [6.07, 6.45) is 1.83. The zero-order chi connectivity index (χ0) is 19.3. The van der Waals surface area contributed by atoms with Crippen LogP contribution in [0.5, 0.6) is 0 Å². The Bertz CT molecular complexity index is 705. The molecule has 0 saturated carbocycles. The lowest BCUT2D eigenvalue weighted by Gasteiger charge is -2.28. The lowest BCUT2D eigenvalue weighted by Crippen LogP contribution is -2.43. The molecule has 0 aromatic carbocycles. The fourth-order valence-electron chi connectivity index (χ4n) is 2.98. The van der Waals surface area contributed by atoms with E-state index in [1.807, 2.05) is 0 Å². The molecule has 26 heavy (non-hydrogen) atoms. The van der Waals surface area contributed by atoms with Crippen LogP contribution in [0.1, 0.15) is 43.6 Å². The molecule has 1 aromatic rings. The molecule has 1 saturated heterocycles. The quantitative estimate of drug-likeness (QED) is 0.785. The van der Waals surface area contributed by atoms with Gasteiger partial charge in [-0.25, -0.2) is 4.98 Å². The standard InChI is InChI=1S/C16H22N4O5S/c1-10(21)17-16-18-13(9-26-16)15(25)19-6-3-4-12(5-7-19)20(11(2)22)8-14(23)24/h9,12H,3-8H2,1-2H3,(H,23,24)(H,17,18,21). The number of carboxylic acid groups (broad SMARTS) is 1. The van der Waals surface area contributed by atoms with Crippen LogP contribution in [-0.2, 0) is 14.4 Å². The number of anilines is 1. The van der Waals surface area contributed by atoms with Gasteiger partial charge in [0.2, 0.25) is 11.8 Å². The number of aliphatic carboxylic acids is 1. The second-order valence-electron chi connectivity index (χ2n) is 6.14. The number of hydrogen-bond donors (Lipinski definition) is 2. The minimum Gasteiger partial charge on any atom is -0.480 e. The SMILES string of the molecule is CC(=O)Nc1nc(C(=O)N2CCCC(N(CC(=O)O)C(C)=O)CC2)cs1. The van der Waals surface area contributed by atoms with Gasteiger partial charge in [-0.3, -0.25) is 19.2 Å². The summed E-state index contributed by atoms with van der Waals surface area (Å²) < 4.78 is 0. The largest absolute Gasteiger partial charge is 0.480 e. The summed E-state index contributed by atoms with van der Waals surface area (Å²) in [6.45, 7) is 3.33. The van der Waals surface area contributed by atoms with Crippen LogP contribution >= 0.6 is 11.3 Å². The third kappa shape index (κ3) is 5.25. The van der Waals surface area contributed by atoms with Crippen LogP contribution in [0, 0.1) is 0 Å². The molecule has 142 valence electrons. The first-order chi connectivity index (χ1) is 12.3. The lowest BCUT2D eigenvalue weighted by atomic mass is 10.1. The van der Waals surface area contributed by atoms with Gasteiger partial charge in [0.25, 0.3) is 5.91 Å². The number of nitrogens with one attached hydrogen (secondary N) is 1. The molecule has 2 N–H and O–H groups in total. The highest BCUT2D eigenvalue weighted by Crippen LogP contribution is 2.21. The summed E-state index contributed by atoms with van der Waals surface area (Å²) in [4.78, 5) is 53.6. The monoisotopic (exact) mass is 382 g/mol. The van der Waals surface area contributed by atoms with Crippen molar-refractivity contribution in [3.63, 3.8) is 0 Å². The van der Waals surface area contributed by atoms with Crippen molar-refractivity contribution in [3.05, 3.63) is 11.1 Å². The highest BCUT2D eigenvalue weighted by molar-refractivity contribution is 7.14. The molecule has 1 fully saturated rings. The molecule has 9 nitrogen and oxygen atoms in total. The van der Waals surface area contributed by atoms with Crippen molar-refractivity contribution in [1.82, 2.24) is 14.8 Å². The topological polar surface area (TPSA) is 120 Å². The number of amides is 3. The Morgan fingerprint density at radius 3 is 2.65 bits per heavy atom. The Balaban J connectivity index is 2.01. The summed E-state index contributed by atoms with van der Waals surface area (Å²) in [5.74, 6) is -1.81. The molecule has 1 unspecified atom stereocenters. The summed E-state index contributed by atoms with van der Waals surface area (Å²) >= 11 is 1.18.